The van der Waals surface area contributed by atoms with Crippen LogP contribution < -0.4 is 14.8 Å². The summed E-state index contributed by atoms with van der Waals surface area (Å²) in [5.41, 5.74) is 5.54. The molecule has 0 aliphatic carbocycles. The van der Waals surface area contributed by atoms with Crippen molar-refractivity contribution < 1.29 is 19.0 Å². The SMILES string of the molecule is COCCNC(=O)C[C@@H](c1cccc(OCc2ccccc2)c1)c1cn(Cc2ccc(OC)cc2)c2ccccc12. The molecule has 0 saturated carbocycles. The molecule has 0 unspecified atom stereocenters. The number of rotatable bonds is 13. The van der Waals surface area contributed by atoms with E-state index >= 15 is 0 Å². The maximum atomic E-state index is 13.1. The zero-order valence-electron chi connectivity index (χ0n) is 23.6. The maximum absolute atomic E-state index is 13.1. The van der Waals surface area contributed by atoms with Crippen LogP contribution in [0.3, 0.4) is 0 Å². The number of methoxy groups -OCH3 is 2. The number of amides is 1. The van der Waals surface area contributed by atoms with Crippen LogP contribution in [0.1, 0.15) is 34.6 Å². The van der Waals surface area contributed by atoms with Crippen LogP contribution in [0, 0.1) is 0 Å². The first kappa shape index (κ1) is 28.0. The van der Waals surface area contributed by atoms with Gasteiger partial charge in [0.25, 0.3) is 0 Å². The van der Waals surface area contributed by atoms with Crippen LogP contribution in [-0.4, -0.2) is 37.8 Å². The van der Waals surface area contributed by atoms with Crippen molar-refractivity contribution in [1.29, 1.82) is 0 Å². The molecular formula is C35H36N2O4. The first-order chi connectivity index (χ1) is 20.1. The summed E-state index contributed by atoms with van der Waals surface area (Å²) < 4.78 is 18.9. The van der Waals surface area contributed by atoms with Crippen molar-refractivity contribution in [2.45, 2.75) is 25.5 Å². The highest BCUT2D eigenvalue weighted by molar-refractivity contribution is 5.87. The summed E-state index contributed by atoms with van der Waals surface area (Å²) in [5, 5.41) is 4.14. The summed E-state index contributed by atoms with van der Waals surface area (Å²) in [6.07, 6.45) is 2.50. The molecular weight excluding hydrogens is 512 g/mol. The summed E-state index contributed by atoms with van der Waals surface area (Å²) in [6, 6.07) is 34.7. The zero-order valence-corrected chi connectivity index (χ0v) is 23.6. The van der Waals surface area contributed by atoms with Gasteiger partial charge in [-0.15, -0.1) is 0 Å². The van der Waals surface area contributed by atoms with Gasteiger partial charge >= 0.3 is 0 Å². The molecule has 41 heavy (non-hydrogen) atoms. The van der Waals surface area contributed by atoms with Crippen LogP contribution in [0.15, 0.2) is 109 Å². The minimum Gasteiger partial charge on any atom is -0.497 e. The summed E-state index contributed by atoms with van der Waals surface area (Å²) >= 11 is 0. The Morgan fingerprint density at radius 1 is 0.829 bits per heavy atom. The summed E-state index contributed by atoms with van der Waals surface area (Å²) in [4.78, 5) is 13.1. The molecule has 0 spiro atoms. The Bertz CT molecular complexity index is 1560. The Morgan fingerprint density at radius 2 is 1.61 bits per heavy atom. The molecule has 1 aromatic heterocycles. The third-order valence-electron chi connectivity index (χ3n) is 7.23. The van der Waals surface area contributed by atoms with E-state index in [2.05, 4.69) is 76.7 Å². The zero-order chi connectivity index (χ0) is 28.4. The van der Waals surface area contributed by atoms with Crippen molar-refractivity contribution in [3.63, 3.8) is 0 Å². The van der Waals surface area contributed by atoms with Gasteiger partial charge in [0.1, 0.15) is 18.1 Å². The van der Waals surface area contributed by atoms with E-state index in [-0.39, 0.29) is 11.8 Å². The van der Waals surface area contributed by atoms with Crippen molar-refractivity contribution in [2.75, 3.05) is 27.4 Å². The lowest BCUT2D eigenvalue weighted by Crippen LogP contribution is -2.28. The number of hydrogen-bond donors (Lipinski definition) is 1. The summed E-state index contributed by atoms with van der Waals surface area (Å²) in [7, 11) is 3.31. The fourth-order valence-electron chi connectivity index (χ4n) is 5.13. The predicted molar refractivity (Wildman–Crippen MR) is 163 cm³/mol. The lowest BCUT2D eigenvalue weighted by Gasteiger charge is -2.18. The molecule has 6 nitrogen and oxygen atoms in total. The number of benzene rings is 4. The minimum absolute atomic E-state index is 0.0188. The first-order valence-corrected chi connectivity index (χ1v) is 13.9. The number of carbonyl (C=O) groups excluding carboxylic acids is 1. The van der Waals surface area contributed by atoms with Gasteiger partial charge in [0.15, 0.2) is 0 Å². The van der Waals surface area contributed by atoms with Crippen LogP contribution in [0.2, 0.25) is 0 Å². The van der Waals surface area contributed by atoms with Gasteiger partial charge in [0, 0.05) is 49.6 Å². The van der Waals surface area contributed by atoms with Crippen LogP contribution in [0.4, 0.5) is 0 Å². The molecule has 6 heteroatoms. The fraction of sp³-hybridized carbons (Fsp3) is 0.229. The van der Waals surface area contributed by atoms with E-state index in [1.165, 1.54) is 5.56 Å². The molecule has 0 aliphatic rings. The van der Waals surface area contributed by atoms with Gasteiger partial charge in [-0.3, -0.25) is 4.79 Å². The van der Waals surface area contributed by atoms with E-state index in [1.807, 2.05) is 42.5 Å². The number of hydrogen-bond acceptors (Lipinski definition) is 4. The summed E-state index contributed by atoms with van der Waals surface area (Å²) in [5.74, 6) is 1.42. The van der Waals surface area contributed by atoms with Crippen molar-refractivity contribution in [2.24, 2.45) is 0 Å². The highest BCUT2D eigenvalue weighted by atomic mass is 16.5. The van der Waals surface area contributed by atoms with Gasteiger partial charge in [-0.2, -0.15) is 0 Å². The van der Waals surface area contributed by atoms with E-state index in [1.54, 1.807) is 14.2 Å². The monoisotopic (exact) mass is 548 g/mol. The molecule has 0 aliphatic heterocycles. The average Bonchev–Trinajstić information content (AvgIpc) is 3.38. The van der Waals surface area contributed by atoms with Gasteiger partial charge in [-0.05, 0) is 52.6 Å². The summed E-state index contributed by atoms with van der Waals surface area (Å²) in [6.45, 7) is 2.13. The third kappa shape index (κ3) is 7.16. The van der Waals surface area contributed by atoms with Crippen molar-refractivity contribution in [3.05, 3.63) is 132 Å². The van der Waals surface area contributed by atoms with Gasteiger partial charge in [0.05, 0.1) is 13.7 Å². The molecule has 1 amide bonds. The van der Waals surface area contributed by atoms with Crippen molar-refractivity contribution >= 4 is 16.8 Å². The lowest BCUT2D eigenvalue weighted by molar-refractivity contribution is -0.121. The van der Waals surface area contributed by atoms with Gasteiger partial charge in [-0.25, -0.2) is 0 Å². The number of aromatic nitrogens is 1. The molecule has 0 fully saturated rings. The quantitative estimate of drug-likeness (QED) is 0.169. The van der Waals surface area contributed by atoms with E-state index < -0.39 is 0 Å². The Balaban J connectivity index is 1.49. The normalized spacial score (nSPS) is 11.8. The number of ether oxygens (including phenoxy) is 3. The number of fused-ring (bicyclic) bond motifs is 1. The lowest BCUT2D eigenvalue weighted by atomic mass is 9.88. The number of nitrogens with one attached hydrogen (secondary N) is 1. The van der Waals surface area contributed by atoms with Gasteiger partial charge < -0.3 is 24.1 Å². The van der Waals surface area contributed by atoms with E-state index in [4.69, 9.17) is 14.2 Å². The maximum Gasteiger partial charge on any atom is 0.221 e. The van der Waals surface area contributed by atoms with Crippen molar-refractivity contribution in [3.8, 4) is 11.5 Å². The van der Waals surface area contributed by atoms with Crippen LogP contribution in [0.25, 0.3) is 10.9 Å². The number of para-hydroxylation sites is 1. The standard InChI is InChI=1S/C35H36N2O4/c1-39-20-19-36-35(38)22-32(28-11-8-12-30(21-28)41-25-27-9-4-3-5-10-27)33-24-37(34-14-7-6-13-31(33)34)23-26-15-17-29(40-2)18-16-26/h3-18,21,24,32H,19-20,22-23,25H2,1-2H3,(H,36,38)/t32-/m0/s1. The Kier molecular flexibility index (Phi) is 9.34. The van der Waals surface area contributed by atoms with Crippen molar-refractivity contribution in [1.82, 2.24) is 9.88 Å². The van der Waals surface area contributed by atoms with Gasteiger partial charge in [0.2, 0.25) is 5.91 Å². The van der Waals surface area contributed by atoms with Crippen LogP contribution >= 0.6 is 0 Å². The molecule has 1 N–H and O–H groups in total. The molecule has 210 valence electrons. The molecule has 5 aromatic rings. The molecule has 5 rings (SSSR count). The second kappa shape index (κ2) is 13.7. The van der Waals surface area contributed by atoms with E-state index in [0.717, 1.165) is 39.1 Å². The second-order valence-corrected chi connectivity index (χ2v) is 10.0. The Labute approximate surface area is 241 Å². The second-order valence-electron chi connectivity index (χ2n) is 10.0. The minimum atomic E-state index is -0.167. The number of nitrogens with zero attached hydrogens (tertiary/aromatic N) is 1. The molecule has 0 radical (unpaired) electrons. The molecule has 4 aromatic carbocycles. The molecule has 1 heterocycles. The van der Waals surface area contributed by atoms with Gasteiger partial charge in [-0.1, -0.05) is 72.8 Å². The largest absolute Gasteiger partial charge is 0.497 e. The topological polar surface area (TPSA) is 61.7 Å². The third-order valence-corrected chi connectivity index (χ3v) is 7.23. The van der Waals surface area contributed by atoms with Crippen LogP contribution in [-0.2, 0) is 22.7 Å². The first-order valence-electron chi connectivity index (χ1n) is 13.9. The predicted octanol–water partition coefficient (Wildman–Crippen LogP) is 6.56. The molecule has 0 bridgehead atoms. The number of carbonyl (C=O) groups is 1. The smallest absolute Gasteiger partial charge is 0.221 e. The van der Waals surface area contributed by atoms with Crippen LogP contribution in [0.5, 0.6) is 11.5 Å². The Hall–Kier alpha value is -4.55. The fourth-order valence-corrected chi connectivity index (χ4v) is 5.13. The molecule has 1 atom stereocenters. The average molecular weight is 549 g/mol. The van der Waals surface area contributed by atoms with E-state index in [9.17, 15) is 4.79 Å². The Morgan fingerprint density at radius 3 is 2.39 bits per heavy atom. The molecule has 0 saturated heterocycles. The highest BCUT2D eigenvalue weighted by Gasteiger charge is 2.23. The van der Waals surface area contributed by atoms with E-state index in [0.29, 0.717) is 32.7 Å². The highest BCUT2D eigenvalue weighted by Crippen LogP contribution is 2.36.